The molecule has 0 unspecified atom stereocenters. The molecule has 1 aliphatic heterocycles. The first kappa shape index (κ1) is 17.0. The molecule has 28 heavy (non-hydrogen) atoms. The Morgan fingerprint density at radius 3 is 2.71 bits per heavy atom. The summed E-state index contributed by atoms with van der Waals surface area (Å²) in [6.45, 7) is 2.03. The van der Waals surface area contributed by atoms with Crippen molar-refractivity contribution in [2.45, 2.75) is 18.5 Å². The number of hydrogen-bond acceptors (Lipinski definition) is 6. The van der Waals surface area contributed by atoms with Crippen LogP contribution in [0.25, 0.3) is 22.4 Å². The Balaban J connectivity index is 1.29. The molecule has 0 spiro atoms. The van der Waals surface area contributed by atoms with Gasteiger partial charge in [0, 0.05) is 36.8 Å². The van der Waals surface area contributed by atoms with Gasteiger partial charge in [-0.2, -0.15) is 0 Å². The molecule has 0 aliphatic carbocycles. The van der Waals surface area contributed by atoms with Crippen molar-refractivity contribution in [1.82, 2.24) is 20.4 Å². The zero-order valence-corrected chi connectivity index (χ0v) is 15.3. The number of pyridine rings is 2. The highest BCUT2D eigenvalue weighted by Crippen LogP contribution is 2.25. The zero-order chi connectivity index (χ0) is 18.8. The van der Waals surface area contributed by atoms with Gasteiger partial charge in [-0.15, -0.1) is 0 Å². The third-order valence-electron chi connectivity index (χ3n) is 5.07. The van der Waals surface area contributed by atoms with Crippen LogP contribution >= 0.6 is 0 Å². The van der Waals surface area contributed by atoms with Crippen LogP contribution in [-0.2, 0) is 17.7 Å². The van der Waals surface area contributed by atoms with Crippen molar-refractivity contribution >= 4 is 10.9 Å². The molecule has 0 saturated carbocycles. The molecule has 4 aromatic rings. The molecule has 0 bridgehead atoms. The predicted octanol–water partition coefficient (Wildman–Crippen LogP) is 3.39. The van der Waals surface area contributed by atoms with Crippen LogP contribution in [0.2, 0.25) is 0 Å². The summed E-state index contributed by atoms with van der Waals surface area (Å²) in [4.78, 5) is 8.85. The van der Waals surface area contributed by atoms with Crippen LogP contribution in [0, 0.1) is 0 Å². The number of para-hydroxylation sites is 1. The van der Waals surface area contributed by atoms with Gasteiger partial charge in [0.2, 0.25) is 0 Å². The number of hydrogen-bond donors (Lipinski definition) is 1. The van der Waals surface area contributed by atoms with Crippen LogP contribution in [-0.4, -0.2) is 33.9 Å². The van der Waals surface area contributed by atoms with Crippen LogP contribution in [0.4, 0.5) is 0 Å². The van der Waals surface area contributed by atoms with E-state index in [2.05, 4.69) is 32.6 Å². The maximum atomic E-state index is 5.51. The van der Waals surface area contributed by atoms with E-state index >= 15 is 0 Å². The second kappa shape index (κ2) is 7.14. The lowest BCUT2D eigenvalue weighted by Crippen LogP contribution is -2.61. The molecule has 1 saturated heterocycles. The van der Waals surface area contributed by atoms with E-state index in [1.54, 1.807) is 6.20 Å². The van der Waals surface area contributed by atoms with E-state index < -0.39 is 0 Å². The highest BCUT2D eigenvalue weighted by molar-refractivity contribution is 5.78. The smallest absolute Gasteiger partial charge is 0.185 e. The molecule has 6 heteroatoms. The van der Waals surface area contributed by atoms with E-state index in [1.807, 2.05) is 48.7 Å². The minimum atomic E-state index is -0.135. The molecule has 0 radical (unpaired) electrons. The van der Waals surface area contributed by atoms with Crippen molar-refractivity contribution in [2.24, 2.45) is 0 Å². The SMILES string of the molecule is c1ccc(-c2cc(CC3(NCc4cnc5ccccc5c4)COC3)no2)nc1. The monoisotopic (exact) mass is 372 g/mol. The summed E-state index contributed by atoms with van der Waals surface area (Å²) in [5.74, 6) is 0.685. The van der Waals surface area contributed by atoms with Gasteiger partial charge in [0.1, 0.15) is 5.69 Å². The molecular formula is C22H20N4O2. The minimum Gasteiger partial charge on any atom is -0.377 e. The molecule has 1 aromatic carbocycles. The average molecular weight is 372 g/mol. The fourth-order valence-electron chi connectivity index (χ4n) is 3.49. The average Bonchev–Trinajstić information content (AvgIpc) is 3.19. The van der Waals surface area contributed by atoms with Gasteiger partial charge in [0.05, 0.1) is 30.0 Å². The highest BCUT2D eigenvalue weighted by Gasteiger charge is 2.39. The van der Waals surface area contributed by atoms with E-state index in [4.69, 9.17) is 9.26 Å². The van der Waals surface area contributed by atoms with Gasteiger partial charge < -0.3 is 14.6 Å². The predicted molar refractivity (Wildman–Crippen MR) is 106 cm³/mol. The lowest BCUT2D eigenvalue weighted by molar-refractivity contribution is -0.0755. The van der Waals surface area contributed by atoms with Gasteiger partial charge in [-0.3, -0.25) is 9.97 Å². The summed E-state index contributed by atoms with van der Waals surface area (Å²) in [6, 6.07) is 18.0. The molecule has 4 heterocycles. The number of aromatic nitrogens is 3. The highest BCUT2D eigenvalue weighted by atomic mass is 16.5. The summed E-state index contributed by atoms with van der Waals surface area (Å²) >= 11 is 0. The third kappa shape index (κ3) is 3.40. The standard InChI is InChI=1S/C22H20N4O2/c1-2-6-19-17(5-1)9-16(12-24-19)13-25-22(14-27-15-22)11-18-10-21(28-26-18)20-7-3-4-8-23-20/h1-10,12,25H,11,13-15H2. The lowest BCUT2D eigenvalue weighted by Gasteiger charge is -2.42. The number of nitrogens with zero attached hydrogens (tertiary/aromatic N) is 3. The first-order valence-electron chi connectivity index (χ1n) is 9.33. The van der Waals surface area contributed by atoms with Gasteiger partial charge in [-0.25, -0.2) is 0 Å². The molecule has 0 amide bonds. The molecule has 1 aliphatic rings. The van der Waals surface area contributed by atoms with Crippen molar-refractivity contribution in [3.8, 4) is 11.5 Å². The van der Waals surface area contributed by atoms with Gasteiger partial charge in [0.25, 0.3) is 0 Å². The fraction of sp³-hybridized carbons (Fsp3) is 0.227. The van der Waals surface area contributed by atoms with E-state index in [1.165, 1.54) is 0 Å². The molecular weight excluding hydrogens is 352 g/mol. The maximum absolute atomic E-state index is 5.51. The minimum absolute atomic E-state index is 0.135. The van der Waals surface area contributed by atoms with Gasteiger partial charge in [0.15, 0.2) is 5.76 Å². The Morgan fingerprint density at radius 2 is 1.89 bits per heavy atom. The summed E-state index contributed by atoms with van der Waals surface area (Å²) < 4.78 is 11.0. The number of rotatable bonds is 6. The van der Waals surface area contributed by atoms with Gasteiger partial charge in [-0.05, 0) is 29.8 Å². The zero-order valence-electron chi connectivity index (χ0n) is 15.3. The molecule has 140 valence electrons. The Bertz CT molecular complexity index is 1090. The Hall–Kier alpha value is -3.09. The Labute approximate surface area is 162 Å². The quantitative estimate of drug-likeness (QED) is 0.559. The summed E-state index contributed by atoms with van der Waals surface area (Å²) in [6.07, 6.45) is 4.42. The summed E-state index contributed by atoms with van der Waals surface area (Å²) in [5, 5.41) is 9.03. The molecule has 6 nitrogen and oxygen atoms in total. The van der Waals surface area contributed by atoms with Crippen LogP contribution in [0.3, 0.4) is 0 Å². The van der Waals surface area contributed by atoms with Gasteiger partial charge >= 0.3 is 0 Å². The number of fused-ring (bicyclic) bond motifs is 1. The van der Waals surface area contributed by atoms with Gasteiger partial charge in [-0.1, -0.05) is 29.4 Å². The van der Waals surface area contributed by atoms with Crippen molar-refractivity contribution in [1.29, 1.82) is 0 Å². The molecule has 0 atom stereocenters. The van der Waals surface area contributed by atoms with E-state index in [-0.39, 0.29) is 5.54 Å². The fourth-order valence-corrected chi connectivity index (χ4v) is 3.49. The van der Waals surface area contributed by atoms with E-state index in [0.717, 1.165) is 40.8 Å². The first-order chi connectivity index (χ1) is 13.8. The molecule has 1 N–H and O–H groups in total. The Kier molecular flexibility index (Phi) is 4.35. The molecule has 5 rings (SSSR count). The topological polar surface area (TPSA) is 73.1 Å². The molecule has 3 aromatic heterocycles. The number of ether oxygens (including phenoxy) is 1. The summed E-state index contributed by atoms with van der Waals surface area (Å²) in [5.41, 5.74) is 3.71. The second-order valence-corrected chi connectivity index (χ2v) is 7.24. The Morgan fingerprint density at radius 1 is 1.00 bits per heavy atom. The van der Waals surface area contributed by atoms with Crippen LogP contribution < -0.4 is 5.32 Å². The maximum Gasteiger partial charge on any atom is 0.185 e. The van der Waals surface area contributed by atoms with E-state index in [0.29, 0.717) is 19.0 Å². The van der Waals surface area contributed by atoms with E-state index in [9.17, 15) is 0 Å². The number of nitrogens with one attached hydrogen (secondary N) is 1. The van der Waals surface area contributed by atoms with Crippen molar-refractivity contribution in [2.75, 3.05) is 13.2 Å². The van der Waals surface area contributed by atoms with Crippen molar-refractivity contribution < 1.29 is 9.26 Å². The summed E-state index contributed by atoms with van der Waals surface area (Å²) in [7, 11) is 0. The normalized spacial score (nSPS) is 15.4. The third-order valence-corrected chi connectivity index (χ3v) is 5.07. The van der Waals surface area contributed by atoms with Crippen LogP contribution in [0.5, 0.6) is 0 Å². The second-order valence-electron chi connectivity index (χ2n) is 7.24. The number of benzene rings is 1. The largest absolute Gasteiger partial charge is 0.377 e. The van der Waals surface area contributed by atoms with Crippen molar-refractivity contribution in [3.05, 3.63) is 78.2 Å². The van der Waals surface area contributed by atoms with Crippen LogP contribution in [0.1, 0.15) is 11.3 Å². The first-order valence-corrected chi connectivity index (χ1v) is 9.33. The molecule has 1 fully saturated rings. The van der Waals surface area contributed by atoms with Crippen LogP contribution in [0.15, 0.2) is 71.5 Å². The lowest BCUT2D eigenvalue weighted by atomic mass is 9.90. The van der Waals surface area contributed by atoms with Crippen molar-refractivity contribution in [3.63, 3.8) is 0 Å².